The minimum absolute atomic E-state index is 0.394. The number of likely N-dealkylation sites (N-methyl/N-ethyl adjacent to an activating group) is 1. The summed E-state index contributed by atoms with van der Waals surface area (Å²) in [6, 6.07) is 3.78. The van der Waals surface area contributed by atoms with Crippen molar-refractivity contribution < 1.29 is 8.42 Å². The molecule has 0 aliphatic carbocycles. The Morgan fingerprint density at radius 3 is 2.06 bits per heavy atom. The van der Waals surface area contributed by atoms with Crippen LogP contribution in [0.25, 0.3) is 0 Å². The highest BCUT2D eigenvalue weighted by Crippen LogP contribution is 2.21. The molecule has 0 fully saturated rings. The molecule has 0 heterocycles. The number of hydrogen-bond acceptors (Lipinski definition) is 3. The van der Waals surface area contributed by atoms with Crippen LogP contribution in [-0.2, 0) is 10.0 Å². The SMILES string of the molecule is CNCCNS(=O)(=O)c1c(C)cc(C)cc1C. The summed E-state index contributed by atoms with van der Waals surface area (Å²) < 4.78 is 26.8. The van der Waals surface area contributed by atoms with Gasteiger partial charge < -0.3 is 5.32 Å². The largest absolute Gasteiger partial charge is 0.318 e. The third-order valence-corrected chi connectivity index (χ3v) is 4.31. The monoisotopic (exact) mass is 256 g/mol. The molecule has 0 aliphatic heterocycles. The molecule has 96 valence electrons. The molecular formula is C12H20N2O2S. The first-order valence-electron chi connectivity index (χ1n) is 5.60. The molecule has 0 radical (unpaired) electrons. The summed E-state index contributed by atoms with van der Waals surface area (Å²) in [6.07, 6.45) is 0. The van der Waals surface area contributed by atoms with Crippen molar-refractivity contribution in [1.29, 1.82) is 0 Å². The lowest BCUT2D eigenvalue weighted by molar-refractivity contribution is 0.578. The highest BCUT2D eigenvalue weighted by atomic mass is 32.2. The zero-order valence-electron chi connectivity index (χ0n) is 10.8. The molecule has 0 unspecified atom stereocenters. The number of nitrogens with one attached hydrogen (secondary N) is 2. The van der Waals surface area contributed by atoms with Gasteiger partial charge in [-0.3, -0.25) is 0 Å². The number of sulfonamides is 1. The van der Waals surface area contributed by atoms with Crippen LogP contribution in [0.3, 0.4) is 0 Å². The Morgan fingerprint density at radius 1 is 1.06 bits per heavy atom. The summed E-state index contributed by atoms with van der Waals surface area (Å²) >= 11 is 0. The first kappa shape index (κ1) is 14.2. The zero-order chi connectivity index (χ0) is 13.1. The predicted molar refractivity (Wildman–Crippen MR) is 69.8 cm³/mol. The lowest BCUT2D eigenvalue weighted by Crippen LogP contribution is -2.31. The topological polar surface area (TPSA) is 58.2 Å². The first-order chi connectivity index (χ1) is 7.88. The highest BCUT2D eigenvalue weighted by Gasteiger charge is 2.18. The smallest absolute Gasteiger partial charge is 0.241 e. The molecule has 0 spiro atoms. The summed E-state index contributed by atoms with van der Waals surface area (Å²) in [7, 11) is -1.61. The van der Waals surface area contributed by atoms with Crippen molar-refractivity contribution in [2.75, 3.05) is 20.1 Å². The Balaban J connectivity index is 3.07. The van der Waals surface area contributed by atoms with Crippen molar-refractivity contribution >= 4 is 10.0 Å². The minimum Gasteiger partial charge on any atom is -0.318 e. The van der Waals surface area contributed by atoms with Crippen molar-refractivity contribution in [2.45, 2.75) is 25.7 Å². The van der Waals surface area contributed by atoms with Gasteiger partial charge in [-0.25, -0.2) is 13.1 Å². The standard InChI is InChI=1S/C12H20N2O2S/c1-9-7-10(2)12(11(3)8-9)17(15,16)14-6-5-13-4/h7-8,13-14H,5-6H2,1-4H3. The third-order valence-electron chi connectivity index (χ3n) is 2.54. The van der Waals surface area contributed by atoms with Crippen LogP contribution >= 0.6 is 0 Å². The molecule has 0 aromatic heterocycles. The maximum atomic E-state index is 12.1. The molecule has 1 aromatic carbocycles. The van der Waals surface area contributed by atoms with Crippen LogP contribution in [0.15, 0.2) is 17.0 Å². The second kappa shape index (κ2) is 5.62. The normalized spacial score (nSPS) is 11.8. The molecule has 17 heavy (non-hydrogen) atoms. The summed E-state index contributed by atoms with van der Waals surface area (Å²) in [4.78, 5) is 0.402. The van der Waals surface area contributed by atoms with E-state index in [1.807, 2.05) is 32.9 Å². The predicted octanol–water partition coefficient (Wildman–Crippen LogP) is 1.11. The van der Waals surface area contributed by atoms with Crippen molar-refractivity contribution in [3.63, 3.8) is 0 Å². The molecular weight excluding hydrogens is 236 g/mol. The van der Waals surface area contributed by atoms with Gasteiger partial charge in [0.2, 0.25) is 10.0 Å². The third kappa shape index (κ3) is 3.52. The first-order valence-corrected chi connectivity index (χ1v) is 7.09. The van der Waals surface area contributed by atoms with Crippen molar-refractivity contribution in [3.8, 4) is 0 Å². The fourth-order valence-electron chi connectivity index (χ4n) is 1.97. The minimum atomic E-state index is -3.40. The van der Waals surface area contributed by atoms with Crippen LogP contribution in [0.2, 0.25) is 0 Å². The van der Waals surface area contributed by atoms with Crippen LogP contribution < -0.4 is 10.0 Å². The van der Waals surface area contributed by atoms with E-state index in [1.165, 1.54) is 0 Å². The van der Waals surface area contributed by atoms with E-state index in [-0.39, 0.29) is 0 Å². The zero-order valence-corrected chi connectivity index (χ0v) is 11.6. The van der Waals surface area contributed by atoms with Gasteiger partial charge in [0, 0.05) is 13.1 Å². The van der Waals surface area contributed by atoms with Crippen LogP contribution in [0, 0.1) is 20.8 Å². The van der Waals surface area contributed by atoms with Crippen molar-refractivity contribution in [2.24, 2.45) is 0 Å². The number of benzene rings is 1. The lowest BCUT2D eigenvalue weighted by Gasteiger charge is -2.12. The quantitative estimate of drug-likeness (QED) is 0.776. The Labute approximate surface area is 103 Å². The van der Waals surface area contributed by atoms with E-state index in [4.69, 9.17) is 0 Å². The maximum absolute atomic E-state index is 12.1. The molecule has 0 aliphatic rings. The maximum Gasteiger partial charge on any atom is 0.241 e. The summed E-state index contributed by atoms with van der Waals surface area (Å²) in [5.74, 6) is 0. The average molecular weight is 256 g/mol. The molecule has 1 rings (SSSR count). The van der Waals surface area contributed by atoms with Gasteiger partial charge in [0.25, 0.3) is 0 Å². The Hall–Kier alpha value is -0.910. The number of aryl methyl sites for hydroxylation is 3. The van der Waals surface area contributed by atoms with Crippen LogP contribution in [0.4, 0.5) is 0 Å². The van der Waals surface area contributed by atoms with Gasteiger partial charge in [-0.2, -0.15) is 0 Å². The van der Waals surface area contributed by atoms with Crippen LogP contribution in [0.1, 0.15) is 16.7 Å². The fraction of sp³-hybridized carbons (Fsp3) is 0.500. The van der Waals surface area contributed by atoms with Gasteiger partial charge in [-0.15, -0.1) is 0 Å². The van der Waals surface area contributed by atoms with Crippen LogP contribution in [0.5, 0.6) is 0 Å². The van der Waals surface area contributed by atoms with Crippen LogP contribution in [-0.4, -0.2) is 28.6 Å². The number of hydrogen-bond donors (Lipinski definition) is 2. The number of rotatable bonds is 5. The molecule has 1 aromatic rings. The summed E-state index contributed by atoms with van der Waals surface area (Å²) in [5.41, 5.74) is 2.66. The molecule has 0 saturated heterocycles. The van der Waals surface area contributed by atoms with E-state index in [1.54, 1.807) is 7.05 Å². The van der Waals surface area contributed by atoms with E-state index in [0.717, 1.165) is 16.7 Å². The highest BCUT2D eigenvalue weighted by molar-refractivity contribution is 7.89. The Morgan fingerprint density at radius 2 is 1.59 bits per heavy atom. The molecule has 5 heteroatoms. The van der Waals surface area contributed by atoms with Gasteiger partial charge >= 0.3 is 0 Å². The van der Waals surface area contributed by atoms with E-state index in [0.29, 0.717) is 18.0 Å². The van der Waals surface area contributed by atoms with Gasteiger partial charge in [-0.1, -0.05) is 17.7 Å². The lowest BCUT2D eigenvalue weighted by atomic mass is 10.1. The Bertz CT molecular complexity index is 472. The molecule has 0 atom stereocenters. The molecule has 4 nitrogen and oxygen atoms in total. The average Bonchev–Trinajstić information content (AvgIpc) is 2.15. The second-order valence-corrected chi connectivity index (χ2v) is 5.93. The van der Waals surface area contributed by atoms with E-state index in [9.17, 15) is 8.42 Å². The van der Waals surface area contributed by atoms with Crippen molar-refractivity contribution in [1.82, 2.24) is 10.0 Å². The van der Waals surface area contributed by atoms with Gasteiger partial charge in [0.05, 0.1) is 4.90 Å². The van der Waals surface area contributed by atoms with E-state index in [2.05, 4.69) is 10.0 Å². The second-order valence-electron chi connectivity index (χ2n) is 4.23. The Kier molecular flexibility index (Phi) is 4.68. The van der Waals surface area contributed by atoms with E-state index < -0.39 is 10.0 Å². The summed E-state index contributed by atoms with van der Waals surface area (Å²) in [5, 5.41) is 2.90. The molecule has 0 saturated carbocycles. The molecule has 0 bridgehead atoms. The van der Waals surface area contributed by atoms with Crippen molar-refractivity contribution in [3.05, 3.63) is 28.8 Å². The fourth-order valence-corrected chi connectivity index (χ4v) is 3.45. The van der Waals surface area contributed by atoms with Gasteiger partial charge in [0.15, 0.2) is 0 Å². The summed E-state index contributed by atoms with van der Waals surface area (Å²) in [6.45, 7) is 6.62. The van der Waals surface area contributed by atoms with Gasteiger partial charge in [0.1, 0.15) is 0 Å². The molecule has 2 N–H and O–H groups in total. The van der Waals surface area contributed by atoms with Gasteiger partial charge in [-0.05, 0) is 38.9 Å². The molecule has 0 amide bonds. The van der Waals surface area contributed by atoms with E-state index >= 15 is 0 Å².